The standard InChI is InChI=1S/C12H10N4O3S/c17-20(18,12-2-1-7-19-12)15-10-5-3-9(4-6-10)11-8-13-16-14-11/h1-8,15H,(H,13,14,16). The predicted octanol–water partition coefficient (Wildman–Crippen LogP) is 1.87. The number of furan rings is 1. The molecule has 0 aliphatic rings. The van der Waals surface area contributed by atoms with Gasteiger partial charge in [-0.2, -0.15) is 23.8 Å². The third-order valence-corrected chi connectivity index (χ3v) is 3.87. The fourth-order valence-corrected chi connectivity index (χ4v) is 2.66. The fourth-order valence-electron chi connectivity index (χ4n) is 1.67. The quantitative estimate of drug-likeness (QED) is 0.763. The third kappa shape index (κ3) is 2.41. The first-order chi connectivity index (χ1) is 9.65. The molecule has 7 nitrogen and oxygen atoms in total. The van der Waals surface area contributed by atoms with Crippen molar-refractivity contribution in [2.75, 3.05) is 4.72 Å². The summed E-state index contributed by atoms with van der Waals surface area (Å²) < 4.78 is 31.2. The lowest BCUT2D eigenvalue weighted by Gasteiger charge is -2.05. The van der Waals surface area contributed by atoms with Crippen LogP contribution in [0.15, 0.2) is 58.4 Å². The van der Waals surface area contributed by atoms with Crippen molar-refractivity contribution in [2.45, 2.75) is 5.09 Å². The van der Waals surface area contributed by atoms with Gasteiger partial charge < -0.3 is 4.42 Å². The van der Waals surface area contributed by atoms with Gasteiger partial charge in [-0.25, -0.2) is 0 Å². The number of sulfonamides is 1. The predicted molar refractivity (Wildman–Crippen MR) is 71.3 cm³/mol. The fraction of sp³-hybridized carbons (Fsp3) is 0. The zero-order valence-electron chi connectivity index (χ0n) is 10.1. The molecule has 0 fully saturated rings. The molecule has 0 unspecified atom stereocenters. The summed E-state index contributed by atoms with van der Waals surface area (Å²) in [6.45, 7) is 0. The highest BCUT2D eigenvalue weighted by Gasteiger charge is 2.16. The first-order valence-electron chi connectivity index (χ1n) is 5.68. The summed E-state index contributed by atoms with van der Waals surface area (Å²) >= 11 is 0. The van der Waals surface area contributed by atoms with Crippen LogP contribution >= 0.6 is 0 Å². The molecular formula is C12H10N4O3S. The average molecular weight is 290 g/mol. The second-order valence-corrected chi connectivity index (χ2v) is 5.58. The van der Waals surface area contributed by atoms with Crippen LogP contribution in [0, 0.1) is 0 Å². The van der Waals surface area contributed by atoms with E-state index in [1.165, 1.54) is 18.4 Å². The van der Waals surface area contributed by atoms with Crippen LogP contribution in [-0.4, -0.2) is 23.8 Å². The van der Waals surface area contributed by atoms with Crippen LogP contribution in [0.2, 0.25) is 0 Å². The molecule has 0 aliphatic carbocycles. The Bertz CT molecular complexity index is 778. The minimum atomic E-state index is -3.69. The SMILES string of the molecule is O=S(=O)(Nc1ccc(-c2cn[nH]n2)cc1)c1ccco1. The normalized spacial score (nSPS) is 11.4. The van der Waals surface area contributed by atoms with E-state index in [1.54, 1.807) is 30.5 Å². The molecule has 3 rings (SSSR count). The minimum Gasteiger partial charge on any atom is -0.451 e. The maximum atomic E-state index is 11.9. The van der Waals surface area contributed by atoms with E-state index in [0.29, 0.717) is 11.4 Å². The summed E-state index contributed by atoms with van der Waals surface area (Å²) in [7, 11) is -3.69. The molecule has 2 heterocycles. The maximum Gasteiger partial charge on any atom is 0.295 e. The van der Waals surface area contributed by atoms with Gasteiger partial charge in [-0.05, 0) is 24.3 Å². The van der Waals surface area contributed by atoms with Crippen LogP contribution < -0.4 is 4.72 Å². The van der Waals surface area contributed by atoms with E-state index in [1.807, 2.05) is 0 Å². The van der Waals surface area contributed by atoms with Crippen LogP contribution in [0.1, 0.15) is 0 Å². The number of anilines is 1. The summed E-state index contributed by atoms with van der Waals surface area (Å²) in [5, 5.41) is 10.0. The summed E-state index contributed by atoms with van der Waals surface area (Å²) in [4.78, 5) is 0. The number of hydrogen-bond donors (Lipinski definition) is 2. The molecule has 2 aromatic heterocycles. The number of aromatic amines is 1. The molecule has 0 radical (unpaired) electrons. The van der Waals surface area contributed by atoms with Crippen molar-refractivity contribution in [3.05, 3.63) is 48.9 Å². The highest BCUT2D eigenvalue weighted by molar-refractivity contribution is 7.92. The second kappa shape index (κ2) is 4.82. The van der Waals surface area contributed by atoms with Gasteiger partial charge in [-0.1, -0.05) is 12.1 Å². The molecule has 0 atom stereocenters. The molecule has 0 spiro atoms. The number of aromatic nitrogens is 3. The van der Waals surface area contributed by atoms with Crippen molar-refractivity contribution in [2.24, 2.45) is 0 Å². The largest absolute Gasteiger partial charge is 0.451 e. The minimum absolute atomic E-state index is 0.127. The van der Waals surface area contributed by atoms with Gasteiger partial charge in [0.2, 0.25) is 5.09 Å². The number of benzene rings is 1. The Morgan fingerprint density at radius 2 is 1.95 bits per heavy atom. The Morgan fingerprint density at radius 1 is 1.15 bits per heavy atom. The number of nitrogens with one attached hydrogen (secondary N) is 2. The Balaban J connectivity index is 1.83. The number of hydrogen-bond acceptors (Lipinski definition) is 5. The van der Waals surface area contributed by atoms with Crippen molar-refractivity contribution in [1.29, 1.82) is 0 Å². The second-order valence-electron chi connectivity index (χ2n) is 3.97. The van der Waals surface area contributed by atoms with Crippen LogP contribution in [-0.2, 0) is 10.0 Å². The van der Waals surface area contributed by atoms with Crippen LogP contribution in [0.4, 0.5) is 5.69 Å². The van der Waals surface area contributed by atoms with Gasteiger partial charge in [-0.3, -0.25) is 4.72 Å². The van der Waals surface area contributed by atoms with E-state index in [9.17, 15) is 8.42 Å². The van der Waals surface area contributed by atoms with E-state index in [0.717, 1.165) is 5.56 Å². The molecule has 0 aliphatic heterocycles. The van der Waals surface area contributed by atoms with E-state index in [4.69, 9.17) is 4.42 Å². The lowest BCUT2D eigenvalue weighted by molar-refractivity contribution is 0.452. The van der Waals surface area contributed by atoms with Gasteiger partial charge in [0.25, 0.3) is 10.0 Å². The highest BCUT2D eigenvalue weighted by Crippen LogP contribution is 2.20. The van der Waals surface area contributed by atoms with E-state index in [2.05, 4.69) is 20.1 Å². The molecule has 3 aromatic rings. The van der Waals surface area contributed by atoms with Gasteiger partial charge in [0, 0.05) is 11.3 Å². The van der Waals surface area contributed by atoms with Crippen LogP contribution in [0.25, 0.3) is 11.3 Å². The Morgan fingerprint density at radius 3 is 2.55 bits per heavy atom. The van der Waals surface area contributed by atoms with Gasteiger partial charge in [0.15, 0.2) is 0 Å². The summed E-state index contributed by atoms with van der Waals surface area (Å²) in [6.07, 6.45) is 2.89. The zero-order valence-corrected chi connectivity index (χ0v) is 11.0. The van der Waals surface area contributed by atoms with Crippen molar-refractivity contribution >= 4 is 15.7 Å². The lowest BCUT2D eigenvalue weighted by atomic mass is 10.1. The molecule has 8 heteroatoms. The Labute approximate surface area is 114 Å². The van der Waals surface area contributed by atoms with E-state index in [-0.39, 0.29) is 5.09 Å². The molecule has 0 saturated carbocycles. The summed E-state index contributed by atoms with van der Waals surface area (Å²) in [5.41, 5.74) is 1.96. The Hall–Kier alpha value is -2.61. The van der Waals surface area contributed by atoms with Crippen molar-refractivity contribution in [3.63, 3.8) is 0 Å². The van der Waals surface area contributed by atoms with Crippen molar-refractivity contribution in [3.8, 4) is 11.3 Å². The average Bonchev–Trinajstić information content (AvgIpc) is 3.13. The lowest BCUT2D eigenvalue weighted by Crippen LogP contribution is -2.11. The highest BCUT2D eigenvalue weighted by atomic mass is 32.2. The molecule has 0 saturated heterocycles. The van der Waals surface area contributed by atoms with Crippen molar-refractivity contribution < 1.29 is 12.8 Å². The molecule has 102 valence electrons. The molecule has 20 heavy (non-hydrogen) atoms. The number of H-pyrrole nitrogens is 1. The summed E-state index contributed by atoms with van der Waals surface area (Å²) in [5.74, 6) is 0. The van der Waals surface area contributed by atoms with Gasteiger partial charge in [0.1, 0.15) is 5.69 Å². The zero-order chi connectivity index (χ0) is 14.0. The Kier molecular flexibility index (Phi) is 2.99. The third-order valence-electron chi connectivity index (χ3n) is 2.61. The van der Waals surface area contributed by atoms with Crippen LogP contribution in [0.5, 0.6) is 0 Å². The first kappa shape index (κ1) is 12.4. The van der Waals surface area contributed by atoms with Gasteiger partial charge >= 0.3 is 0 Å². The van der Waals surface area contributed by atoms with Gasteiger partial charge in [0.05, 0.1) is 12.5 Å². The smallest absolute Gasteiger partial charge is 0.295 e. The number of rotatable bonds is 4. The molecular weight excluding hydrogens is 280 g/mol. The first-order valence-corrected chi connectivity index (χ1v) is 7.16. The molecule has 1 aromatic carbocycles. The topological polar surface area (TPSA) is 101 Å². The van der Waals surface area contributed by atoms with Crippen LogP contribution in [0.3, 0.4) is 0 Å². The molecule has 0 bridgehead atoms. The van der Waals surface area contributed by atoms with Gasteiger partial charge in [-0.15, -0.1) is 0 Å². The molecule has 0 amide bonds. The maximum absolute atomic E-state index is 11.9. The summed E-state index contributed by atoms with van der Waals surface area (Å²) in [6, 6.07) is 9.68. The van der Waals surface area contributed by atoms with E-state index < -0.39 is 10.0 Å². The number of nitrogens with zero attached hydrogens (tertiary/aromatic N) is 2. The monoisotopic (exact) mass is 290 g/mol. The van der Waals surface area contributed by atoms with E-state index >= 15 is 0 Å². The van der Waals surface area contributed by atoms with Crippen molar-refractivity contribution in [1.82, 2.24) is 15.4 Å². The molecule has 2 N–H and O–H groups in total.